The van der Waals surface area contributed by atoms with Gasteiger partial charge in [-0.05, 0) is 35.6 Å². The lowest BCUT2D eigenvalue weighted by Crippen LogP contribution is -2.44. The summed E-state index contributed by atoms with van der Waals surface area (Å²) in [5.41, 5.74) is 1.77. The third-order valence-electron chi connectivity index (χ3n) is 6.62. The van der Waals surface area contributed by atoms with Crippen LogP contribution in [0.1, 0.15) is 18.0 Å². The van der Waals surface area contributed by atoms with Gasteiger partial charge in [0.15, 0.2) is 0 Å². The van der Waals surface area contributed by atoms with Crippen LogP contribution in [0.25, 0.3) is 10.8 Å². The Morgan fingerprint density at radius 2 is 1.47 bits per heavy atom. The van der Waals surface area contributed by atoms with Crippen LogP contribution in [0, 0.1) is 5.92 Å². The van der Waals surface area contributed by atoms with E-state index in [9.17, 15) is 9.59 Å². The zero-order valence-corrected chi connectivity index (χ0v) is 17.8. The average Bonchev–Trinajstić information content (AvgIpc) is 3.41. The van der Waals surface area contributed by atoms with Crippen molar-refractivity contribution in [2.75, 3.05) is 18.0 Å². The lowest BCUT2D eigenvalue weighted by molar-refractivity contribution is -0.126. The van der Waals surface area contributed by atoms with Gasteiger partial charge in [0.2, 0.25) is 5.91 Å². The van der Waals surface area contributed by atoms with E-state index < -0.39 is 12.0 Å². The molecule has 3 aliphatic heterocycles. The monoisotopic (exact) mass is 461 g/mol. The van der Waals surface area contributed by atoms with Gasteiger partial charge in [0.25, 0.3) is 5.91 Å². The van der Waals surface area contributed by atoms with Crippen LogP contribution in [0.3, 0.4) is 0 Å². The number of hydrogen-bond donors (Lipinski definition) is 0. The Labute approximate surface area is 183 Å². The van der Waals surface area contributed by atoms with E-state index in [1.54, 1.807) is 0 Å². The molecule has 3 heterocycles. The molecular weight excluding hydrogens is 442 g/mol. The molecule has 0 saturated carbocycles. The summed E-state index contributed by atoms with van der Waals surface area (Å²) in [7, 11) is 0. The summed E-state index contributed by atoms with van der Waals surface area (Å²) in [4.78, 5) is 28.9. The molecule has 0 aliphatic carbocycles. The number of rotatable bonds is 2. The number of carbonyl (C=O) groups excluding carboxylic acids is 2. The van der Waals surface area contributed by atoms with Crippen molar-refractivity contribution in [1.82, 2.24) is 10.0 Å². The molecule has 2 amide bonds. The molecule has 6 heteroatoms. The van der Waals surface area contributed by atoms with Crippen LogP contribution in [0.4, 0.5) is 5.69 Å². The Hall–Kier alpha value is -2.54. The van der Waals surface area contributed by atoms with Gasteiger partial charge in [-0.2, -0.15) is 0 Å². The van der Waals surface area contributed by atoms with E-state index in [0.717, 1.165) is 40.3 Å². The maximum Gasteiger partial charge on any atom is 0.253 e. The van der Waals surface area contributed by atoms with Crippen molar-refractivity contribution in [3.05, 3.63) is 76.8 Å². The molecule has 3 aromatic carbocycles. The van der Waals surface area contributed by atoms with Gasteiger partial charge in [0, 0.05) is 22.9 Å². The quantitative estimate of drug-likeness (QED) is 0.538. The molecule has 30 heavy (non-hydrogen) atoms. The number of halogens is 1. The van der Waals surface area contributed by atoms with E-state index in [-0.39, 0.29) is 17.9 Å². The predicted molar refractivity (Wildman–Crippen MR) is 119 cm³/mol. The molecule has 6 rings (SSSR count). The minimum absolute atomic E-state index is 0.0938. The summed E-state index contributed by atoms with van der Waals surface area (Å²) in [5, 5.41) is 6.34. The molecule has 3 fully saturated rings. The van der Waals surface area contributed by atoms with Crippen LogP contribution in [0.15, 0.2) is 71.2 Å². The van der Waals surface area contributed by atoms with Gasteiger partial charge in [0.1, 0.15) is 6.04 Å². The van der Waals surface area contributed by atoms with Crippen LogP contribution >= 0.6 is 15.9 Å². The molecule has 0 aromatic heterocycles. The van der Waals surface area contributed by atoms with E-state index >= 15 is 0 Å². The van der Waals surface area contributed by atoms with Crippen molar-refractivity contribution in [2.45, 2.75) is 18.5 Å². The summed E-state index contributed by atoms with van der Waals surface area (Å²) in [6.07, 6.45) is 1.01. The minimum atomic E-state index is -0.424. The zero-order chi connectivity index (χ0) is 20.4. The Morgan fingerprint density at radius 1 is 0.767 bits per heavy atom. The van der Waals surface area contributed by atoms with Gasteiger partial charge in [-0.3, -0.25) is 9.59 Å². The molecule has 3 aliphatic rings. The van der Waals surface area contributed by atoms with Gasteiger partial charge in [-0.1, -0.05) is 64.5 Å². The molecule has 0 radical (unpaired) electrons. The number of nitrogens with zero attached hydrogens (tertiary/aromatic N) is 3. The van der Waals surface area contributed by atoms with E-state index in [1.807, 2.05) is 54.6 Å². The minimum Gasteiger partial charge on any atom is -0.274 e. The molecule has 0 N–H and O–H groups in total. The molecule has 0 bridgehead atoms. The zero-order valence-electron chi connectivity index (χ0n) is 16.2. The van der Waals surface area contributed by atoms with E-state index in [0.29, 0.717) is 5.69 Å². The molecule has 150 valence electrons. The largest absolute Gasteiger partial charge is 0.274 e. The number of fused-ring (bicyclic) bond motifs is 4. The van der Waals surface area contributed by atoms with Crippen molar-refractivity contribution < 1.29 is 9.59 Å². The third-order valence-corrected chi connectivity index (χ3v) is 7.15. The lowest BCUT2D eigenvalue weighted by atomic mass is 9.90. The second-order valence-corrected chi connectivity index (χ2v) is 9.07. The van der Waals surface area contributed by atoms with E-state index in [2.05, 4.69) is 38.1 Å². The summed E-state index contributed by atoms with van der Waals surface area (Å²) >= 11 is 3.50. The number of benzene rings is 3. The first-order valence-electron chi connectivity index (χ1n) is 10.3. The van der Waals surface area contributed by atoms with Gasteiger partial charge >= 0.3 is 0 Å². The number of amides is 2. The first-order valence-corrected chi connectivity index (χ1v) is 11.1. The van der Waals surface area contributed by atoms with Crippen molar-refractivity contribution in [3.8, 4) is 0 Å². The number of imide groups is 1. The smallest absolute Gasteiger partial charge is 0.253 e. The second-order valence-electron chi connectivity index (χ2n) is 8.16. The molecule has 5 nitrogen and oxygen atoms in total. The van der Waals surface area contributed by atoms with Crippen LogP contribution in [-0.4, -0.2) is 41.0 Å². The van der Waals surface area contributed by atoms with Crippen LogP contribution in [0.2, 0.25) is 0 Å². The normalized spacial score (nSPS) is 26.6. The summed E-state index contributed by atoms with van der Waals surface area (Å²) in [6.45, 7) is 1.69. The van der Waals surface area contributed by atoms with Crippen molar-refractivity contribution >= 4 is 44.2 Å². The third kappa shape index (κ3) is 2.47. The van der Waals surface area contributed by atoms with Crippen LogP contribution in [-0.2, 0) is 9.59 Å². The lowest BCUT2D eigenvalue weighted by Gasteiger charge is -2.30. The fourth-order valence-corrected chi connectivity index (χ4v) is 5.68. The number of hydrazine groups is 1. The summed E-state index contributed by atoms with van der Waals surface area (Å²) in [5.74, 6) is -0.588. The first kappa shape index (κ1) is 18.2. The van der Waals surface area contributed by atoms with Crippen LogP contribution < -0.4 is 4.90 Å². The molecule has 3 aromatic rings. The molecule has 3 saturated heterocycles. The second kappa shape index (κ2) is 6.74. The standard InChI is InChI=1S/C24H20BrN3O2/c25-17-11-9-16(10-12-17)21-20-22(27-14-4-13-26(21)27)24(30)28(23(20)29)19-8-3-6-15-5-1-2-7-18(15)19/h1-3,5-12,20-22H,4,13-14H2/t20-,21+,22-/m0/s1. The van der Waals surface area contributed by atoms with Crippen molar-refractivity contribution in [2.24, 2.45) is 5.92 Å². The maximum atomic E-state index is 13.8. The highest BCUT2D eigenvalue weighted by molar-refractivity contribution is 9.10. The Kier molecular flexibility index (Phi) is 4.10. The van der Waals surface area contributed by atoms with Crippen LogP contribution in [0.5, 0.6) is 0 Å². The average molecular weight is 462 g/mol. The van der Waals surface area contributed by atoms with E-state index in [1.165, 1.54) is 4.90 Å². The molecule has 0 unspecified atom stereocenters. The Morgan fingerprint density at radius 3 is 2.27 bits per heavy atom. The maximum absolute atomic E-state index is 13.8. The number of hydrogen-bond acceptors (Lipinski definition) is 4. The Bertz CT molecular complexity index is 1170. The SMILES string of the molecule is O=C1[C@@H]2[C@@H](C(=O)N1c1cccc3ccccc13)N1CCCN1[C@@H]2c1ccc(Br)cc1. The predicted octanol–water partition coefficient (Wildman–Crippen LogP) is 4.14. The highest BCUT2D eigenvalue weighted by Gasteiger charge is 2.62. The fraction of sp³-hybridized carbons (Fsp3) is 0.250. The van der Waals surface area contributed by atoms with Gasteiger partial charge in [-0.15, -0.1) is 0 Å². The highest BCUT2D eigenvalue weighted by atomic mass is 79.9. The molecular formula is C24H20BrN3O2. The van der Waals surface area contributed by atoms with Crippen molar-refractivity contribution in [3.63, 3.8) is 0 Å². The summed E-state index contributed by atoms with van der Waals surface area (Å²) < 4.78 is 1.00. The van der Waals surface area contributed by atoms with Crippen molar-refractivity contribution in [1.29, 1.82) is 0 Å². The van der Waals surface area contributed by atoms with Gasteiger partial charge < -0.3 is 0 Å². The summed E-state index contributed by atoms with van der Waals surface area (Å²) in [6, 6.07) is 21.3. The Balaban J connectivity index is 1.48. The topological polar surface area (TPSA) is 43.9 Å². The first-order chi connectivity index (χ1) is 14.6. The van der Waals surface area contributed by atoms with Gasteiger partial charge in [0.05, 0.1) is 17.6 Å². The number of carbonyl (C=O) groups is 2. The van der Waals surface area contributed by atoms with E-state index in [4.69, 9.17) is 0 Å². The fourth-order valence-electron chi connectivity index (χ4n) is 5.41. The molecule has 0 spiro atoms. The highest BCUT2D eigenvalue weighted by Crippen LogP contribution is 2.49. The number of anilines is 1. The molecule has 3 atom stereocenters. The van der Waals surface area contributed by atoms with Gasteiger partial charge in [-0.25, -0.2) is 14.9 Å².